The van der Waals surface area contributed by atoms with Crippen LogP contribution in [-0.2, 0) is 17.8 Å². The van der Waals surface area contributed by atoms with Crippen molar-refractivity contribution in [2.24, 2.45) is 5.41 Å². The van der Waals surface area contributed by atoms with Crippen LogP contribution in [0.1, 0.15) is 36.8 Å². The Morgan fingerprint density at radius 3 is 2.54 bits per heavy atom. The molecule has 11 heteroatoms. The van der Waals surface area contributed by atoms with Gasteiger partial charge in [-0.3, -0.25) is 15.0 Å². The smallest absolute Gasteiger partial charge is 0.249 e. The summed E-state index contributed by atoms with van der Waals surface area (Å²) in [5, 5.41) is 20.3. The molecular weight excluding hydrogens is 531 g/mol. The maximum Gasteiger partial charge on any atom is 0.249 e. The number of hydrogen-bond acceptors (Lipinski definition) is 7. The summed E-state index contributed by atoms with van der Waals surface area (Å²) in [6, 6.07) is 7.58. The number of fused-ring (bicyclic) bond motifs is 1. The summed E-state index contributed by atoms with van der Waals surface area (Å²) in [6.07, 6.45) is 4.59. The van der Waals surface area contributed by atoms with Crippen molar-refractivity contribution in [3.8, 4) is 5.75 Å². The third-order valence-electron chi connectivity index (χ3n) is 7.56. The zero-order chi connectivity index (χ0) is 28.0. The summed E-state index contributed by atoms with van der Waals surface area (Å²) >= 11 is 1.24. The van der Waals surface area contributed by atoms with Gasteiger partial charge in [0.05, 0.1) is 24.6 Å². The standard InChI is InChI=1S/C28H32F3N3O4S/c1-38-19-4-5-25-22(13-19)21(18(17-35)16-32-25)3-2-6-28(27(36)33-37)7-9-34(10-8-28)11-12-39-20-14-23(29)26(31)24(30)15-20/h4-5,13-16,35,37H,2-3,6-12,17H2,1H3,(H,33,36). The first kappa shape index (κ1) is 29.1. The van der Waals surface area contributed by atoms with Crippen LogP contribution in [0.15, 0.2) is 41.4 Å². The third-order valence-corrected chi connectivity index (χ3v) is 8.51. The molecule has 0 unspecified atom stereocenters. The fourth-order valence-electron chi connectivity index (χ4n) is 5.25. The number of halogens is 3. The number of thioether (sulfide) groups is 1. The Morgan fingerprint density at radius 2 is 1.90 bits per heavy atom. The number of aryl methyl sites for hydroxylation is 1. The summed E-state index contributed by atoms with van der Waals surface area (Å²) < 4.78 is 45.5. The van der Waals surface area contributed by atoms with Gasteiger partial charge < -0.3 is 14.7 Å². The molecule has 1 saturated heterocycles. The van der Waals surface area contributed by atoms with E-state index >= 15 is 0 Å². The molecule has 4 rings (SSSR count). The molecule has 0 atom stereocenters. The van der Waals surface area contributed by atoms with E-state index in [9.17, 15) is 28.3 Å². The molecule has 1 amide bonds. The molecule has 0 spiro atoms. The molecule has 1 aromatic heterocycles. The highest BCUT2D eigenvalue weighted by Gasteiger charge is 2.40. The number of methoxy groups -OCH3 is 1. The van der Waals surface area contributed by atoms with Crippen LogP contribution in [0.25, 0.3) is 10.9 Å². The second-order valence-electron chi connectivity index (χ2n) is 9.77. The minimum Gasteiger partial charge on any atom is -0.497 e. The molecule has 0 radical (unpaired) electrons. The quantitative estimate of drug-likeness (QED) is 0.133. The Labute approximate surface area is 229 Å². The van der Waals surface area contributed by atoms with Crippen molar-refractivity contribution < 1.29 is 33.0 Å². The lowest BCUT2D eigenvalue weighted by atomic mass is 9.73. The average molecular weight is 564 g/mol. The molecule has 3 aromatic rings. The van der Waals surface area contributed by atoms with Gasteiger partial charge in [0.1, 0.15) is 5.75 Å². The Kier molecular flexibility index (Phi) is 9.71. The van der Waals surface area contributed by atoms with Crippen LogP contribution in [0.4, 0.5) is 13.2 Å². The Bertz CT molecular complexity index is 1290. The van der Waals surface area contributed by atoms with Crippen molar-refractivity contribution in [3.63, 3.8) is 0 Å². The number of hydrogen-bond donors (Lipinski definition) is 3. The number of ether oxygens (including phenoxy) is 1. The zero-order valence-corrected chi connectivity index (χ0v) is 22.5. The van der Waals surface area contributed by atoms with Crippen molar-refractivity contribution in [1.29, 1.82) is 0 Å². The summed E-state index contributed by atoms with van der Waals surface area (Å²) in [4.78, 5) is 19.7. The van der Waals surface area contributed by atoms with E-state index in [4.69, 9.17) is 4.74 Å². The van der Waals surface area contributed by atoms with Crippen LogP contribution in [0.2, 0.25) is 0 Å². The van der Waals surface area contributed by atoms with Crippen molar-refractivity contribution in [2.45, 2.75) is 43.6 Å². The van der Waals surface area contributed by atoms with E-state index in [1.807, 2.05) is 23.7 Å². The Balaban J connectivity index is 1.37. The molecule has 39 heavy (non-hydrogen) atoms. The number of nitrogens with one attached hydrogen (secondary N) is 1. The molecular formula is C28H32F3N3O4S. The summed E-state index contributed by atoms with van der Waals surface area (Å²) in [5.74, 6) is -3.06. The lowest BCUT2D eigenvalue weighted by molar-refractivity contribution is -0.143. The third kappa shape index (κ3) is 6.66. The van der Waals surface area contributed by atoms with Gasteiger partial charge >= 0.3 is 0 Å². The van der Waals surface area contributed by atoms with E-state index in [2.05, 4.69) is 9.88 Å². The minimum absolute atomic E-state index is 0.151. The molecule has 1 aliphatic rings. The zero-order valence-electron chi connectivity index (χ0n) is 21.7. The highest BCUT2D eigenvalue weighted by atomic mass is 32.2. The Hall–Kier alpha value is -2.86. The molecule has 2 aromatic carbocycles. The summed E-state index contributed by atoms with van der Waals surface area (Å²) in [6.45, 7) is 1.73. The number of hydroxylamine groups is 1. The predicted octanol–water partition coefficient (Wildman–Crippen LogP) is 4.86. The summed E-state index contributed by atoms with van der Waals surface area (Å²) in [7, 11) is 1.59. The predicted molar refractivity (Wildman–Crippen MR) is 142 cm³/mol. The van der Waals surface area contributed by atoms with Crippen LogP contribution in [0, 0.1) is 22.9 Å². The van der Waals surface area contributed by atoms with Crippen LogP contribution in [-0.4, -0.2) is 58.6 Å². The normalized spacial score (nSPS) is 15.4. The van der Waals surface area contributed by atoms with E-state index in [0.29, 0.717) is 68.1 Å². The SMILES string of the molecule is COc1ccc2ncc(CO)c(CCCC3(C(=O)NO)CCN(CCSc4cc(F)c(F)c(F)c4)CC3)c2c1. The number of piperidine rings is 1. The first-order chi connectivity index (χ1) is 18.8. The number of aliphatic hydroxyl groups excluding tert-OH is 1. The molecule has 0 bridgehead atoms. The van der Waals surface area contributed by atoms with Crippen molar-refractivity contribution in [3.05, 3.63) is 65.1 Å². The first-order valence-electron chi connectivity index (χ1n) is 12.8. The van der Waals surface area contributed by atoms with Gasteiger partial charge in [-0.05, 0) is 86.7 Å². The number of benzene rings is 2. The molecule has 7 nitrogen and oxygen atoms in total. The van der Waals surface area contributed by atoms with Gasteiger partial charge in [0, 0.05) is 28.8 Å². The second-order valence-corrected chi connectivity index (χ2v) is 10.9. The highest BCUT2D eigenvalue weighted by molar-refractivity contribution is 7.99. The molecule has 3 N–H and O–H groups in total. The lowest BCUT2D eigenvalue weighted by Crippen LogP contribution is -2.48. The number of aromatic nitrogens is 1. The maximum atomic E-state index is 13.5. The van der Waals surface area contributed by atoms with Gasteiger partial charge in [-0.2, -0.15) is 0 Å². The largest absolute Gasteiger partial charge is 0.497 e. The van der Waals surface area contributed by atoms with Crippen molar-refractivity contribution >= 4 is 28.6 Å². The molecule has 210 valence electrons. The molecule has 2 heterocycles. The van der Waals surface area contributed by atoms with E-state index in [1.165, 1.54) is 11.8 Å². The van der Waals surface area contributed by atoms with Crippen LogP contribution < -0.4 is 10.2 Å². The van der Waals surface area contributed by atoms with Gasteiger partial charge in [0.2, 0.25) is 5.91 Å². The second kappa shape index (κ2) is 13.0. The number of likely N-dealkylation sites (tertiary alicyclic amines) is 1. The topological polar surface area (TPSA) is 94.9 Å². The van der Waals surface area contributed by atoms with Gasteiger partial charge in [-0.25, -0.2) is 18.7 Å². The van der Waals surface area contributed by atoms with E-state index < -0.39 is 28.8 Å². The monoisotopic (exact) mass is 563 g/mol. The van der Waals surface area contributed by atoms with Crippen molar-refractivity contribution in [2.75, 3.05) is 32.5 Å². The molecule has 1 aliphatic heterocycles. The number of amides is 1. The highest BCUT2D eigenvalue weighted by Crippen LogP contribution is 2.38. The lowest BCUT2D eigenvalue weighted by Gasteiger charge is -2.40. The number of carbonyl (C=O) groups is 1. The van der Waals surface area contributed by atoms with E-state index in [0.717, 1.165) is 34.2 Å². The first-order valence-corrected chi connectivity index (χ1v) is 13.8. The number of rotatable bonds is 11. The van der Waals surface area contributed by atoms with E-state index in [-0.39, 0.29) is 6.61 Å². The minimum atomic E-state index is -1.47. The average Bonchev–Trinajstić information content (AvgIpc) is 2.96. The number of nitrogens with zero attached hydrogens (tertiary/aromatic N) is 2. The molecule has 0 aliphatic carbocycles. The van der Waals surface area contributed by atoms with Crippen molar-refractivity contribution in [1.82, 2.24) is 15.4 Å². The Morgan fingerprint density at radius 1 is 1.18 bits per heavy atom. The number of aliphatic hydroxyl groups is 1. The van der Waals surface area contributed by atoms with Crippen LogP contribution >= 0.6 is 11.8 Å². The van der Waals surface area contributed by atoms with Crippen LogP contribution in [0.5, 0.6) is 5.75 Å². The number of pyridine rings is 1. The fraction of sp³-hybridized carbons (Fsp3) is 0.429. The molecule has 1 fully saturated rings. The fourth-order valence-corrected chi connectivity index (χ4v) is 6.21. The van der Waals surface area contributed by atoms with Gasteiger partial charge in [-0.1, -0.05) is 0 Å². The maximum absolute atomic E-state index is 13.5. The molecule has 0 saturated carbocycles. The van der Waals surface area contributed by atoms with Gasteiger partial charge in [-0.15, -0.1) is 11.8 Å². The van der Waals surface area contributed by atoms with Gasteiger partial charge in [0.25, 0.3) is 0 Å². The number of carbonyl (C=O) groups excluding carboxylic acids is 1. The summed E-state index contributed by atoms with van der Waals surface area (Å²) in [5.41, 5.74) is 3.60. The van der Waals surface area contributed by atoms with Crippen LogP contribution in [0.3, 0.4) is 0 Å². The van der Waals surface area contributed by atoms with Gasteiger partial charge in [0.15, 0.2) is 17.5 Å². The van der Waals surface area contributed by atoms with E-state index in [1.54, 1.807) is 13.3 Å².